The molecule has 19 heavy (non-hydrogen) atoms. The van der Waals surface area contributed by atoms with Crippen molar-refractivity contribution in [3.05, 3.63) is 36.5 Å². The summed E-state index contributed by atoms with van der Waals surface area (Å²) in [5.41, 5.74) is 5.61. The van der Waals surface area contributed by atoms with Crippen molar-refractivity contribution in [2.45, 2.75) is 0 Å². The number of carbonyl (C=O) groups excluding carboxylic acids is 1. The second-order valence-corrected chi connectivity index (χ2v) is 3.50. The fourth-order valence-corrected chi connectivity index (χ4v) is 1.59. The third-order valence-corrected chi connectivity index (χ3v) is 2.27. The van der Waals surface area contributed by atoms with Crippen molar-refractivity contribution in [3.8, 4) is 22.8 Å². The van der Waals surface area contributed by atoms with E-state index in [0.717, 1.165) is 6.07 Å². The van der Waals surface area contributed by atoms with Gasteiger partial charge in [0, 0.05) is 18.5 Å². The molecule has 0 saturated carbocycles. The molecule has 2 aromatic rings. The monoisotopic (exact) mass is 263 g/mol. The molecule has 7 heteroatoms. The first kappa shape index (κ1) is 12.7. The van der Waals surface area contributed by atoms with Crippen LogP contribution in [0.4, 0.5) is 9.18 Å². The number of hydrogen-bond donors (Lipinski definition) is 1. The highest BCUT2D eigenvalue weighted by atomic mass is 19.1. The molecule has 0 bridgehead atoms. The fourth-order valence-electron chi connectivity index (χ4n) is 1.59. The Morgan fingerprint density at radius 1 is 1.37 bits per heavy atom. The van der Waals surface area contributed by atoms with E-state index >= 15 is 0 Å². The minimum Gasteiger partial charge on any atom is -0.492 e. The molecule has 2 N–H and O–H groups in total. The lowest BCUT2D eigenvalue weighted by molar-refractivity contribution is 0.208. The van der Waals surface area contributed by atoms with Crippen molar-refractivity contribution in [2.75, 3.05) is 7.11 Å². The number of rotatable bonds is 3. The standard InChI is InChI=1S/C12H10FN3O3/c1-18-11-8(9-6-15-2-3-16-9)4-7(13)5-10(11)19-12(14)17/h2-6H,1H3,(H2,14,17). The smallest absolute Gasteiger partial charge is 0.410 e. The van der Waals surface area contributed by atoms with Crippen LogP contribution in [0.5, 0.6) is 11.5 Å². The summed E-state index contributed by atoms with van der Waals surface area (Å²) in [4.78, 5) is 18.7. The summed E-state index contributed by atoms with van der Waals surface area (Å²) in [7, 11) is 1.36. The quantitative estimate of drug-likeness (QED) is 0.911. The van der Waals surface area contributed by atoms with E-state index in [1.54, 1.807) is 0 Å². The number of nitrogens with two attached hydrogens (primary N) is 1. The van der Waals surface area contributed by atoms with Gasteiger partial charge in [0.15, 0.2) is 11.5 Å². The first-order valence-corrected chi connectivity index (χ1v) is 5.23. The third-order valence-electron chi connectivity index (χ3n) is 2.27. The number of benzene rings is 1. The molecule has 1 amide bonds. The molecule has 6 nitrogen and oxygen atoms in total. The van der Waals surface area contributed by atoms with Crippen molar-refractivity contribution in [3.63, 3.8) is 0 Å². The number of hydrogen-bond acceptors (Lipinski definition) is 5. The van der Waals surface area contributed by atoms with Crippen LogP contribution in [0.3, 0.4) is 0 Å². The van der Waals surface area contributed by atoms with Crippen molar-refractivity contribution in [1.82, 2.24) is 9.97 Å². The Kier molecular flexibility index (Phi) is 3.56. The number of amides is 1. The Hall–Kier alpha value is -2.70. The van der Waals surface area contributed by atoms with Gasteiger partial charge in [-0.2, -0.15) is 0 Å². The number of nitrogens with zero attached hydrogens (tertiary/aromatic N) is 2. The van der Waals surface area contributed by atoms with Crippen molar-refractivity contribution >= 4 is 6.09 Å². The summed E-state index contributed by atoms with van der Waals surface area (Å²) in [5, 5.41) is 0. The average molecular weight is 263 g/mol. The second-order valence-electron chi connectivity index (χ2n) is 3.50. The molecule has 0 aliphatic carbocycles. The van der Waals surface area contributed by atoms with E-state index in [-0.39, 0.29) is 11.5 Å². The molecule has 0 aliphatic rings. The Morgan fingerprint density at radius 3 is 2.74 bits per heavy atom. The number of carbonyl (C=O) groups is 1. The highest BCUT2D eigenvalue weighted by molar-refractivity contribution is 5.75. The topological polar surface area (TPSA) is 87.3 Å². The highest BCUT2D eigenvalue weighted by Gasteiger charge is 2.17. The molecule has 2 rings (SSSR count). The normalized spacial score (nSPS) is 10.0. The zero-order valence-electron chi connectivity index (χ0n) is 9.96. The van der Waals surface area contributed by atoms with E-state index in [1.165, 1.54) is 31.8 Å². The molecular formula is C12H10FN3O3. The maximum atomic E-state index is 13.5. The minimum absolute atomic E-state index is 0.115. The van der Waals surface area contributed by atoms with Gasteiger partial charge in [-0.05, 0) is 6.07 Å². The van der Waals surface area contributed by atoms with Gasteiger partial charge in [0.2, 0.25) is 0 Å². The van der Waals surface area contributed by atoms with Gasteiger partial charge < -0.3 is 15.2 Å². The summed E-state index contributed by atoms with van der Waals surface area (Å²) >= 11 is 0. The fraction of sp³-hybridized carbons (Fsp3) is 0.0833. The Balaban J connectivity index is 2.60. The number of halogens is 1. The zero-order valence-corrected chi connectivity index (χ0v) is 9.96. The van der Waals surface area contributed by atoms with Crippen molar-refractivity contribution in [2.24, 2.45) is 5.73 Å². The van der Waals surface area contributed by atoms with Crippen LogP contribution < -0.4 is 15.2 Å². The van der Waals surface area contributed by atoms with Gasteiger partial charge in [-0.25, -0.2) is 9.18 Å². The van der Waals surface area contributed by atoms with Gasteiger partial charge in [0.1, 0.15) is 5.82 Å². The SMILES string of the molecule is COc1c(OC(N)=O)cc(F)cc1-c1cnccn1. The van der Waals surface area contributed by atoms with Crippen LogP contribution in [0.1, 0.15) is 0 Å². The van der Waals surface area contributed by atoms with Crippen LogP contribution in [0.2, 0.25) is 0 Å². The number of aromatic nitrogens is 2. The van der Waals surface area contributed by atoms with Crippen LogP contribution in [-0.2, 0) is 0 Å². The second kappa shape index (κ2) is 5.30. The van der Waals surface area contributed by atoms with E-state index in [1.807, 2.05) is 0 Å². The largest absolute Gasteiger partial charge is 0.492 e. The lowest BCUT2D eigenvalue weighted by Gasteiger charge is -2.12. The lowest BCUT2D eigenvalue weighted by atomic mass is 10.1. The van der Waals surface area contributed by atoms with Gasteiger partial charge in [0.05, 0.1) is 24.6 Å². The van der Waals surface area contributed by atoms with Crippen LogP contribution >= 0.6 is 0 Å². The van der Waals surface area contributed by atoms with Crippen LogP contribution in [0.15, 0.2) is 30.7 Å². The summed E-state index contributed by atoms with van der Waals surface area (Å²) in [6.45, 7) is 0. The van der Waals surface area contributed by atoms with E-state index in [2.05, 4.69) is 9.97 Å². The molecule has 0 atom stereocenters. The molecule has 0 unspecified atom stereocenters. The number of primary amides is 1. The molecule has 0 fully saturated rings. The van der Waals surface area contributed by atoms with Gasteiger partial charge in [-0.15, -0.1) is 0 Å². The molecule has 1 heterocycles. The predicted molar refractivity (Wildman–Crippen MR) is 64.2 cm³/mol. The summed E-state index contributed by atoms with van der Waals surface area (Å²) in [5.74, 6) is -0.575. The maximum absolute atomic E-state index is 13.5. The first-order valence-electron chi connectivity index (χ1n) is 5.23. The summed E-state index contributed by atoms with van der Waals surface area (Å²) < 4.78 is 23.4. The molecule has 1 aromatic carbocycles. The molecule has 0 radical (unpaired) electrons. The molecular weight excluding hydrogens is 253 g/mol. The average Bonchev–Trinajstić information content (AvgIpc) is 2.38. The third kappa shape index (κ3) is 2.76. The Bertz CT molecular complexity index is 605. The van der Waals surface area contributed by atoms with Gasteiger partial charge in [0.25, 0.3) is 0 Å². The summed E-state index contributed by atoms with van der Waals surface area (Å²) in [6.07, 6.45) is 3.31. The maximum Gasteiger partial charge on any atom is 0.410 e. The van der Waals surface area contributed by atoms with E-state index < -0.39 is 11.9 Å². The Labute approximate surface area is 108 Å². The van der Waals surface area contributed by atoms with Crippen LogP contribution in [-0.4, -0.2) is 23.2 Å². The zero-order chi connectivity index (χ0) is 13.8. The molecule has 0 spiro atoms. The Morgan fingerprint density at radius 2 is 2.16 bits per heavy atom. The number of methoxy groups -OCH3 is 1. The van der Waals surface area contributed by atoms with Crippen LogP contribution in [0, 0.1) is 5.82 Å². The molecule has 0 saturated heterocycles. The van der Waals surface area contributed by atoms with E-state index in [9.17, 15) is 9.18 Å². The van der Waals surface area contributed by atoms with E-state index in [4.69, 9.17) is 15.2 Å². The molecule has 1 aromatic heterocycles. The van der Waals surface area contributed by atoms with Crippen LogP contribution in [0.25, 0.3) is 11.3 Å². The predicted octanol–water partition coefficient (Wildman–Crippen LogP) is 1.75. The molecule has 0 aliphatic heterocycles. The van der Waals surface area contributed by atoms with E-state index in [0.29, 0.717) is 11.3 Å². The molecule has 98 valence electrons. The minimum atomic E-state index is -1.06. The summed E-state index contributed by atoms with van der Waals surface area (Å²) in [6, 6.07) is 2.21. The lowest BCUT2D eigenvalue weighted by Crippen LogP contribution is -2.17. The van der Waals surface area contributed by atoms with Crippen molar-refractivity contribution in [1.29, 1.82) is 0 Å². The van der Waals surface area contributed by atoms with Crippen molar-refractivity contribution < 1.29 is 18.7 Å². The first-order chi connectivity index (χ1) is 9.11. The highest BCUT2D eigenvalue weighted by Crippen LogP contribution is 2.37. The van der Waals surface area contributed by atoms with Gasteiger partial charge in [-0.3, -0.25) is 9.97 Å². The number of ether oxygens (including phenoxy) is 2. The van der Waals surface area contributed by atoms with Gasteiger partial charge >= 0.3 is 6.09 Å². The van der Waals surface area contributed by atoms with Gasteiger partial charge in [-0.1, -0.05) is 0 Å².